The zero-order valence-electron chi connectivity index (χ0n) is 13.4. The molecule has 2 aliphatic heterocycles. The van der Waals surface area contributed by atoms with Gasteiger partial charge < -0.3 is 15.4 Å². The maximum Gasteiger partial charge on any atom is 0.122 e. The first-order valence-corrected chi connectivity index (χ1v) is 7.96. The van der Waals surface area contributed by atoms with E-state index in [1.54, 1.807) is 0 Å². The number of hydrogen-bond acceptors (Lipinski definition) is 4. The number of hydrogen-bond donors (Lipinski definition) is 1. The van der Waals surface area contributed by atoms with Crippen LogP contribution in [0, 0.1) is 5.92 Å². The average Bonchev–Trinajstić information content (AvgIpc) is 3.05. The molecule has 1 aromatic carbocycles. The number of nitrogens with zero attached hydrogens (tertiary/aromatic N) is 2. The second kappa shape index (κ2) is 5.95. The first-order valence-electron chi connectivity index (χ1n) is 7.96. The molecule has 0 bridgehead atoms. The van der Waals surface area contributed by atoms with E-state index in [-0.39, 0.29) is 0 Å². The predicted octanol–water partition coefficient (Wildman–Crippen LogP) is 1.50. The van der Waals surface area contributed by atoms with Crippen LogP contribution in [0.5, 0.6) is 5.75 Å². The van der Waals surface area contributed by atoms with E-state index in [1.165, 1.54) is 11.1 Å². The van der Waals surface area contributed by atoms with Gasteiger partial charge in [-0.15, -0.1) is 0 Å². The second-order valence-corrected chi connectivity index (χ2v) is 6.68. The molecule has 0 saturated carbocycles. The molecular formula is C17H27N3O. The van der Waals surface area contributed by atoms with Gasteiger partial charge in [0.1, 0.15) is 5.75 Å². The van der Waals surface area contributed by atoms with Crippen molar-refractivity contribution < 1.29 is 4.74 Å². The van der Waals surface area contributed by atoms with E-state index >= 15 is 0 Å². The highest BCUT2D eigenvalue weighted by atomic mass is 16.5. The van der Waals surface area contributed by atoms with Gasteiger partial charge in [-0.1, -0.05) is 19.1 Å². The van der Waals surface area contributed by atoms with Gasteiger partial charge in [0.15, 0.2) is 0 Å². The molecule has 2 heterocycles. The van der Waals surface area contributed by atoms with Crippen LogP contribution >= 0.6 is 0 Å². The minimum Gasteiger partial charge on any atom is -0.493 e. The molecule has 2 aliphatic rings. The lowest BCUT2D eigenvalue weighted by molar-refractivity contribution is 0.219. The van der Waals surface area contributed by atoms with Crippen LogP contribution in [0.15, 0.2) is 18.2 Å². The third-order valence-corrected chi connectivity index (χ3v) is 5.03. The molecule has 3 rings (SSSR count). The normalized spacial score (nSPS) is 26.9. The largest absolute Gasteiger partial charge is 0.493 e. The number of rotatable bonds is 4. The number of ether oxygens (including phenoxy) is 1. The van der Waals surface area contributed by atoms with Crippen molar-refractivity contribution in [2.45, 2.75) is 25.4 Å². The maximum absolute atomic E-state index is 6.11. The van der Waals surface area contributed by atoms with E-state index in [0.29, 0.717) is 24.5 Å². The Morgan fingerprint density at radius 2 is 2.19 bits per heavy atom. The Hall–Kier alpha value is -1.10. The molecule has 0 spiro atoms. The minimum absolute atomic E-state index is 0.322. The Kier molecular flexibility index (Phi) is 4.20. The lowest BCUT2D eigenvalue weighted by atomic mass is 10.0. The van der Waals surface area contributed by atoms with E-state index in [0.717, 1.165) is 31.9 Å². The molecule has 1 saturated heterocycles. The van der Waals surface area contributed by atoms with Crippen LogP contribution in [0.1, 0.15) is 24.1 Å². The second-order valence-electron chi connectivity index (χ2n) is 6.68. The van der Waals surface area contributed by atoms with Crippen molar-refractivity contribution in [1.82, 2.24) is 9.80 Å². The summed E-state index contributed by atoms with van der Waals surface area (Å²) >= 11 is 0. The molecule has 0 aromatic heterocycles. The van der Waals surface area contributed by atoms with Crippen LogP contribution in [0.25, 0.3) is 0 Å². The molecule has 0 amide bonds. The smallest absolute Gasteiger partial charge is 0.122 e. The van der Waals surface area contributed by atoms with Crippen molar-refractivity contribution in [3.05, 3.63) is 29.3 Å². The summed E-state index contributed by atoms with van der Waals surface area (Å²) in [5.74, 6) is 1.74. The summed E-state index contributed by atoms with van der Waals surface area (Å²) in [5, 5.41) is 0. The molecule has 2 N–H and O–H groups in total. The molecule has 116 valence electrons. The van der Waals surface area contributed by atoms with Gasteiger partial charge in [-0.25, -0.2) is 0 Å². The lowest BCUT2D eigenvalue weighted by Crippen LogP contribution is -2.36. The maximum atomic E-state index is 6.11. The summed E-state index contributed by atoms with van der Waals surface area (Å²) in [6.07, 6.45) is 1.02. The van der Waals surface area contributed by atoms with E-state index in [9.17, 15) is 0 Å². The summed E-state index contributed by atoms with van der Waals surface area (Å²) < 4.78 is 5.61. The molecule has 3 unspecified atom stereocenters. The highest BCUT2D eigenvalue weighted by Crippen LogP contribution is 2.33. The number of fused-ring (bicyclic) bond motifs is 1. The zero-order chi connectivity index (χ0) is 15.0. The quantitative estimate of drug-likeness (QED) is 0.912. The Bertz CT molecular complexity index is 503. The van der Waals surface area contributed by atoms with Gasteiger partial charge in [0.05, 0.1) is 6.61 Å². The fraction of sp³-hybridized carbons (Fsp3) is 0.647. The van der Waals surface area contributed by atoms with Gasteiger partial charge in [-0.3, -0.25) is 4.90 Å². The third-order valence-electron chi connectivity index (χ3n) is 5.03. The number of likely N-dealkylation sites (tertiary alicyclic amines) is 1. The summed E-state index contributed by atoms with van der Waals surface area (Å²) in [6.45, 7) is 6.05. The van der Waals surface area contributed by atoms with Crippen LogP contribution in [-0.4, -0.2) is 56.2 Å². The van der Waals surface area contributed by atoms with Gasteiger partial charge in [0.2, 0.25) is 0 Å². The molecule has 1 aromatic rings. The standard InChI is InChI=1S/C17H27N3O/c1-12-10-20(11-16(12)19(2)3)15(9-18)13-4-5-17-14(8-13)6-7-21-17/h4-5,8,12,15-16H,6-7,9-11,18H2,1-3H3. The lowest BCUT2D eigenvalue weighted by Gasteiger charge is -2.28. The van der Waals surface area contributed by atoms with E-state index < -0.39 is 0 Å². The van der Waals surface area contributed by atoms with Gasteiger partial charge in [0.25, 0.3) is 0 Å². The van der Waals surface area contributed by atoms with E-state index in [1.807, 2.05) is 0 Å². The molecule has 3 atom stereocenters. The topological polar surface area (TPSA) is 41.7 Å². The molecular weight excluding hydrogens is 262 g/mol. The molecule has 1 fully saturated rings. The van der Waals surface area contributed by atoms with Gasteiger partial charge in [-0.2, -0.15) is 0 Å². The van der Waals surface area contributed by atoms with Crippen LogP contribution in [-0.2, 0) is 6.42 Å². The Labute approximate surface area is 127 Å². The third kappa shape index (κ3) is 2.80. The van der Waals surface area contributed by atoms with Crippen molar-refractivity contribution in [2.75, 3.05) is 40.3 Å². The van der Waals surface area contributed by atoms with Crippen molar-refractivity contribution in [3.8, 4) is 5.75 Å². The van der Waals surface area contributed by atoms with E-state index in [2.05, 4.69) is 49.0 Å². The molecule has 21 heavy (non-hydrogen) atoms. The predicted molar refractivity (Wildman–Crippen MR) is 85.6 cm³/mol. The van der Waals surface area contributed by atoms with Crippen molar-refractivity contribution in [3.63, 3.8) is 0 Å². The van der Waals surface area contributed by atoms with Crippen LogP contribution in [0.2, 0.25) is 0 Å². The van der Waals surface area contributed by atoms with Gasteiger partial charge in [0, 0.05) is 38.1 Å². The number of nitrogens with two attached hydrogens (primary N) is 1. The Balaban J connectivity index is 1.79. The van der Waals surface area contributed by atoms with E-state index in [4.69, 9.17) is 10.5 Å². The number of likely N-dealkylation sites (N-methyl/N-ethyl adjacent to an activating group) is 1. The summed E-state index contributed by atoms with van der Waals surface area (Å²) in [4.78, 5) is 4.89. The highest BCUT2D eigenvalue weighted by Gasteiger charge is 2.35. The monoisotopic (exact) mass is 289 g/mol. The molecule has 0 radical (unpaired) electrons. The van der Waals surface area contributed by atoms with Crippen molar-refractivity contribution in [2.24, 2.45) is 11.7 Å². The molecule has 4 nitrogen and oxygen atoms in total. The minimum atomic E-state index is 0.322. The SMILES string of the molecule is CC1CN(C(CN)c2ccc3c(c2)CCO3)CC1N(C)C. The summed E-state index contributed by atoms with van der Waals surface area (Å²) in [7, 11) is 4.35. The first kappa shape index (κ1) is 14.8. The van der Waals surface area contributed by atoms with Crippen LogP contribution in [0.4, 0.5) is 0 Å². The van der Waals surface area contributed by atoms with Crippen LogP contribution < -0.4 is 10.5 Å². The fourth-order valence-electron chi connectivity index (χ4n) is 3.82. The van der Waals surface area contributed by atoms with Gasteiger partial charge in [-0.05, 0) is 37.2 Å². The zero-order valence-corrected chi connectivity index (χ0v) is 13.4. The average molecular weight is 289 g/mol. The Morgan fingerprint density at radius 3 is 2.86 bits per heavy atom. The Morgan fingerprint density at radius 1 is 1.38 bits per heavy atom. The number of benzene rings is 1. The van der Waals surface area contributed by atoms with Gasteiger partial charge >= 0.3 is 0 Å². The summed E-state index contributed by atoms with van der Waals surface area (Å²) in [6, 6.07) is 7.55. The van der Waals surface area contributed by atoms with Crippen LogP contribution in [0.3, 0.4) is 0 Å². The fourth-order valence-corrected chi connectivity index (χ4v) is 3.82. The van der Waals surface area contributed by atoms with Crippen molar-refractivity contribution >= 4 is 0 Å². The highest BCUT2D eigenvalue weighted by molar-refractivity contribution is 5.41. The molecule has 4 heteroatoms. The summed E-state index contributed by atoms with van der Waals surface area (Å²) in [5.41, 5.74) is 8.79. The molecule has 0 aliphatic carbocycles. The first-order chi connectivity index (χ1) is 10.1. The van der Waals surface area contributed by atoms with Crippen molar-refractivity contribution in [1.29, 1.82) is 0 Å².